The van der Waals surface area contributed by atoms with Crippen molar-refractivity contribution in [2.75, 3.05) is 6.54 Å². The Morgan fingerprint density at radius 3 is 2.79 bits per heavy atom. The van der Waals surface area contributed by atoms with E-state index >= 15 is 0 Å². The van der Waals surface area contributed by atoms with Gasteiger partial charge in [-0.05, 0) is 41.0 Å². The number of hydrogen-bond acceptors (Lipinski definition) is 4. The number of imidazole rings is 1. The van der Waals surface area contributed by atoms with Crippen LogP contribution in [0.5, 0.6) is 0 Å². The summed E-state index contributed by atoms with van der Waals surface area (Å²) in [6.07, 6.45) is 11.5. The summed E-state index contributed by atoms with van der Waals surface area (Å²) in [6, 6.07) is 7.85. The Hall–Kier alpha value is -3.56. The summed E-state index contributed by atoms with van der Waals surface area (Å²) < 4.78 is 1.93. The molecule has 1 aromatic carbocycles. The van der Waals surface area contributed by atoms with Crippen LogP contribution in [0.1, 0.15) is 16.7 Å². The zero-order valence-corrected chi connectivity index (χ0v) is 16.5. The van der Waals surface area contributed by atoms with E-state index in [4.69, 9.17) is 23.2 Å². The summed E-state index contributed by atoms with van der Waals surface area (Å²) >= 11 is 6.48. The molecule has 4 rings (SSSR count). The van der Waals surface area contributed by atoms with Gasteiger partial charge in [0.2, 0.25) is 6.54 Å². The van der Waals surface area contributed by atoms with Crippen LogP contribution in [0.15, 0.2) is 49.2 Å². The number of aryl methyl sites for hydroxylation is 1. The summed E-state index contributed by atoms with van der Waals surface area (Å²) in [5.41, 5.74) is 5.44. The van der Waals surface area contributed by atoms with Crippen molar-refractivity contribution in [1.29, 1.82) is 0 Å². The van der Waals surface area contributed by atoms with Crippen LogP contribution in [0.25, 0.3) is 39.3 Å². The first kappa shape index (κ1) is 18.8. The van der Waals surface area contributed by atoms with E-state index in [0.717, 1.165) is 39.0 Å². The average molecular weight is 401 g/mol. The maximum atomic E-state index is 7.06. The van der Waals surface area contributed by atoms with E-state index in [2.05, 4.69) is 20.0 Å². The van der Waals surface area contributed by atoms with Gasteiger partial charge >= 0.3 is 0 Å². The third-order valence-corrected chi connectivity index (χ3v) is 5.00. The van der Waals surface area contributed by atoms with Crippen molar-refractivity contribution >= 4 is 34.7 Å². The largest absolute Gasteiger partial charge is 0.332 e. The normalized spacial score (nSPS) is 11.2. The Balaban J connectivity index is 1.89. The number of aromatic nitrogens is 5. The van der Waals surface area contributed by atoms with Gasteiger partial charge in [-0.3, -0.25) is 0 Å². The molecule has 0 N–H and O–H groups in total. The van der Waals surface area contributed by atoms with E-state index in [1.165, 1.54) is 0 Å². The van der Waals surface area contributed by atoms with E-state index in [-0.39, 0.29) is 0 Å². The molecule has 0 saturated carbocycles. The van der Waals surface area contributed by atoms with Gasteiger partial charge in [-0.15, -0.1) is 0 Å². The van der Waals surface area contributed by atoms with Crippen molar-refractivity contribution in [2.45, 2.75) is 6.42 Å². The van der Waals surface area contributed by atoms with Gasteiger partial charge in [0.15, 0.2) is 0 Å². The number of halogens is 1. The fourth-order valence-corrected chi connectivity index (χ4v) is 3.40. The summed E-state index contributed by atoms with van der Waals surface area (Å²) in [7, 11) is 1.94. The molecule has 0 atom stereocenters. The van der Waals surface area contributed by atoms with E-state index in [1.807, 2.05) is 48.0 Å². The summed E-state index contributed by atoms with van der Waals surface area (Å²) in [5, 5.41) is 9.35. The lowest BCUT2D eigenvalue weighted by molar-refractivity contribution is 0.917. The van der Waals surface area contributed by atoms with Crippen LogP contribution in [0.2, 0.25) is 5.02 Å². The zero-order chi connectivity index (χ0) is 20.2. The van der Waals surface area contributed by atoms with Crippen LogP contribution in [0.3, 0.4) is 0 Å². The third kappa shape index (κ3) is 4.00. The van der Waals surface area contributed by atoms with Crippen molar-refractivity contribution in [3.05, 3.63) is 82.3 Å². The Bertz CT molecular complexity index is 1240. The molecule has 4 aromatic rings. The van der Waals surface area contributed by atoms with E-state index in [9.17, 15) is 0 Å². The van der Waals surface area contributed by atoms with Gasteiger partial charge in [-0.1, -0.05) is 23.8 Å². The minimum absolute atomic E-state index is 0.402. The molecular formula is C22H17ClN6. The second kappa shape index (κ2) is 8.21. The molecule has 3 aromatic heterocycles. The minimum Gasteiger partial charge on any atom is -0.332 e. The Labute approximate surface area is 173 Å². The quantitative estimate of drug-likeness (QED) is 0.455. The van der Waals surface area contributed by atoms with Crippen LogP contribution in [0.4, 0.5) is 0 Å². The third-order valence-electron chi connectivity index (χ3n) is 4.64. The second-order valence-corrected chi connectivity index (χ2v) is 7.00. The fraction of sp³-hybridized carbons (Fsp3) is 0.136. The molecule has 142 valence electrons. The van der Waals surface area contributed by atoms with Crippen LogP contribution in [0, 0.1) is 6.57 Å². The maximum absolute atomic E-state index is 7.06. The highest BCUT2D eigenvalue weighted by Gasteiger charge is 2.12. The van der Waals surface area contributed by atoms with Crippen molar-refractivity contribution in [3.63, 3.8) is 0 Å². The monoisotopic (exact) mass is 400 g/mol. The van der Waals surface area contributed by atoms with Crippen molar-refractivity contribution in [3.8, 4) is 11.4 Å². The Morgan fingerprint density at radius 1 is 1.17 bits per heavy atom. The maximum Gasteiger partial charge on any atom is 0.218 e. The highest BCUT2D eigenvalue weighted by Crippen LogP contribution is 2.30. The van der Waals surface area contributed by atoms with Crippen LogP contribution < -0.4 is 0 Å². The molecule has 0 aliphatic rings. The van der Waals surface area contributed by atoms with Gasteiger partial charge in [0.25, 0.3) is 0 Å². The first-order valence-electron chi connectivity index (χ1n) is 9.03. The van der Waals surface area contributed by atoms with Gasteiger partial charge in [-0.2, -0.15) is 10.2 Å². The highest BCUT2D eigenvalue weighted by atomic mass is 35.5. The zero-order valence-electron chi connectivity index (χ0n) is 15.7. The van der Waals surface area contributed by atoms with Gasteiger partial charge < -0.3 is 9.41 Å². The number of benzene rings is 1. The van der Waals surface area contributed by atoms with E-state index in [0.29, 0.717) is 18.0 Å². The molecule has 0 bridgehead atoms. The predicted molar refractivity (Wildman–Crippen MR) is 115 cm³/mol. The number of pyridine rings is 1. The fourth-order valence-electron chi connectivity index (χ4n) is 3.14. The molecule has 0 unspecified atom stereocenters. The molecule has 0 amide bonds. The van der Waals surface area contributed by atoms with Crippen LogP contribution in [-0.4, -0.2) is 31.3 Å². The molecule has 0 saturated heterocycles. The molecule has 0 spiro atoms. The highest BCUT2D eigenvalue weighted by molar-refractivity contribution is 6.32. The molecule has 3 heterocycles. The lowest BCUT2D eigenvalue weighted by Crippen LogP contribution is -1.96. The van der Waals surface area contributed by atoms with E-state index in [1.54, 1.807) is 24.9 Å². The molecule has 29 heavy (non-hydrogen) atoms. The number of hydrogen-bond donors (Lipinski definition) is 0. The molecule has 6 nitrogen and oxygen atoms in total. The summed E-state index contributed by atoms with van der Waals surface area (Å²) in [6.45, 7) is 7.46. The van der Waals surface area contributed by atoms with Crippen molar-refractivity contribution < 1.29 is 0 Å². The van der Waals surface area contributed by atoms with Gasteiger partial charge in [0, 0.05) is 23.9 Å². The number of nitrogens with zero attached hydrogens (tertiary/aromatic N) is 6. The Morgan fingerprint density at radius 2 is 2.07 bits per heavy atom. The number of rotatable bonds is 5. The van der Waals surface area contributed by atoms with Crippen LogP contribution in [-0.2, 0) is 13.5 Å². The second-order valence-electron chi connectivity index (χ2n) is 6.59. The molecule has 0 aliphatic carbocycles. The smallest absolute Gasteiger partial charge is 0.218 e. The molecule has 7 heteroatoms. The number of fused-ring (bicyclic) bond motifs is 1. The molecule has 0 aliphatic heterocycles. The molecular weight excluding hydrogens is 384 g/mol. The Kier molecular flexibility index (Phi) is 5.32. The van der Waals surface area contributed by atoms with Gasteiger partial charge in [0.1, 0.15) is 0 Å². The molecule has 0 radical (unpaired) electrons. The summed E-state index contributed by atoms with van der Waals surface area (Å²) in [5.74, 6) is 0. The minimum atomic E-state index is 0.402. The first-order valence-corrected chi connectivity index (χ1v) is 9.41. The van der Waals surface area contributed by atoms with Gasteiger partial charge in [0.05, 0.1) is 41.8 Å². The van der Waals surface area contributed by atoms with Crippen molar-refractivity contribution in [1.82, 2.24) is 24.7 Å². The van der Waals surface area contributed by atoms with E-state index < -0.39 is 0 Å². The summed E-state index contributed by atoms with van der Waals surface area (Å²) in [4.78, 5) is 12.5. The van der Waals surface area contributed by atoms with Gasteiger partial charge in [-0.25, -0.2) is 16.5 Å². The SMILES string of the molecule is [C-]#[N+]CCc1cc2c(/C=C/c3ccnnc3)cc(-c3cncn3C)nc2cc1Cl. The predicted octanol–water partition coefficient (Wildman–Crippen LogP) is 4.71. The topological polar surface area (TPSA) is 60.9 Å². The average Bonchev–Trinajstić information content (AvgIpc) is 3.17. The lowest BCUT2D eigenvalue weighted by atomic mass is 10.0. The first-order chi connectivity index (χ1) is 14.2. The van der Waals surface area contributed by atoms with Crippen molar-refractivity contribution in [2.24, 2.45) is 7.05 Å². The van der Waals surface area contributed by atoms with Crippen LogP contribution >= 0.6 is 11.6 Å². The standard InChI is InChI=1S/C22H17ClN6/c1-24-7-6-17-9-18-16(4-3-15-5-8-26-27-12-15)10-21(22-13-25-14-29(22)2)28-20(18)11-19(17)23/h3-5,8-14H,6-7H2,2H3/b4-3+. The molecule has 0 fully saturated rings. The lowest BCUT2D eigenvalue weighted by Gasteiger charge is -2.10.